The summed E-state index contributed by atoms with van der Waals surface area (Å²) < 4.78 is 27.1. The first-order valence-corrected chi connectivity index (χ1v) is 15.7. The molecule has 3 atom stereocenters. The number of piperidine rings is 1. The van der Waals surface area contributed by atoms with Crippen molar-refractivity contribution in [1.29, 1.82) is 0 Å². The molecule has 43 heavy (non-hydrogen) atoms. The molecule has 1 saturated heterocycles. The average molecular weight is 587 g/mol. The summed E-state index contributed by atoms with van der Waals surface area (Å²) in [5, 5.41) is 9.77. The van der Waals surface area contributed by atoms with E-state index in [1.54, 1.807) is 13.2 Å². The third-order valence-corrected chi connectivity index (χ3v) is 9.91. The van der Waals surface area contributed by atoms with Crippen LogP contribution in [0.15, 0.2) is 48.7 Å². The number of ether oxygens (including phenoxy) is 2. The maximum atomic E-state index is 15.2. The number of methoxy groups -OCH3 is 1. The highest BCUT2D eigenvalue weighted by Gasteiger charge is 2.39. The number of carbonyl (C=O) groups is 1. The Kier molecular flexibility index (Phi) is 8.20. The lowest BCUT2D eigenvalue weighted by atomic mass is 9.82. The van der Waals surface area contributed by atoms with Crippen LogP contribution in [0.5, 0.6) is 11.6 Å². The Labute approximate surface area is 254 Å². The van der Waals surface area contributed by atoms with Crippen molar-refractivity contribution in [3.05, 3.63) is 76.7 Å². The van der Waals surface area contributed by atoms with Crippen LogP contribution in [0.25, 0.3) is 11.1 Å². The number of carboxylic acid groups (broad SMARTS) is 1. The van der Waals surface area contributed by atoms with Gasteiger partial charge < -0.3 is 14.6 Å². The van der Waals surface area contributed by atoms with Gasteiger partial charge in [0.25, 0.3) is 0 Å². The van der Waals surface area contributed by atoms with E-state index >= 15 is 4.39 Å². The molecule has 3 aliphatic rings. The first-order chi connectivity index (χ1) is 20.6. The fourth-order valence-corrected chi connectivity index (χ4v) is 6.91. The van der Waals surface area contributed by atoms with E-state index < -0.39 is 11.9 Å². The maximum absolute atomic E-state index is 15.2. The highest BCUT2D eigenvalue weighted by Crippen LogP contribution is 2.48. The average Bonchev–Trinajstić information content (AvgIpc) is 3.83. The number of halogens is 1. The fourth-order valence-electron chi connectivity index (χ4n) is 6.91. The van der Waals surface area contributed by atoms with Gasteiger partial charge in [0.05, 0.1) is 19.2 Å². The molecular formula is C36H43FN2O4. The second-order valence-corrected chi connectivity index (χ2v) is 13.6. The van der Waals surface area contributed by atoms with E-state index in [2.05, 4.69) is 54.1 Å². The summed E-state index contributed by atoms with van der Waals surface area (Å²) in [6, 6.07) is 14.3. The molecular weight excluding hydrogens is 543 g/mol. The second kappa shape index (κ2) is 11.9. The number of aromatic nitrogens is 1. The molecule has 2 aliphatic heterocycles. The normalized spacial score (nSPS) is 21.4. The van der Waals surface area contributed by atoms with E-state index in [4.69, 9.17) is 9.47 Å². The first-order valence-electron chi connectivity index (χ1n) is 15.7. The molecule has 0 radical (unpaired) electrons. The number of hydrogen-bond acceptors (Lipinski definition) is 5. The van der Waals surface area contributed by atoms with Crippen LogP contribution >= 0.6 is 0 Å². The van der Waals surface area contributed by atoms with E-state index in [1.807, 2.05) is 13.0 Å². The maximum Gasteiger partial charge on any atom is 0.306 e. The Morgan fingerprint density at radius 3 is 2.58 bits per heavy atom. The summed E-state index contributed by atoms with van der Waals surface area (Å²) in [4.78, 5) is 18.4. The Morgan fingerprint density at radius 2 is 1.88 bits per heavy atom. The largest absolute Gasteiger partial charge is 0.485 e. The van der Waals surface area contributed by atoms with Crippen LogP contribution in [0.4, 0.5) is 4.39 Å². The lowest BCUT2D eigenvalue weighted by Crippen LogP contribution is -2.36. The number of fused-ring (bicyclic) bond motifs is 1. The van der Waals surface area contributed by atoms with E-state index in [1.165, 1.54) is 6.20 Å². The van der Waals surface area contributed by atoms with Gasteiger partial charge in [-0.2, -0.15) is 0 Å². The van der Waals surface area contributed by atoms with Gasteiger partial charge in [-0.3, -0.25) is 9.69 Å². The quantitative estimate of drug-likeness (QED) is 0.276. The van der Waals surface area contributed by atoms with Crippen molar-refractivity contribution < 1.29 is 23.8 Å². The van der Waals surface area contributed by atoms with Crippen LogP contribution in [-0.4, -0.2) is 41.2 Å². The van der Waals surface area contributed by atoms with E-state index in [-0.39, 0.29) is 17.8 Å². The predicted molar refractivity (Wildman–Crippen MR) is 165 cm³/mol. The van der Waals surface area contributed by atoms with Crippen molar-refractivity contribution in [1.82, 2.24) is 9.88 Å². The molecule has 228 valence electrons. The molecule has 2 fully saturated rings. The molecule has 3 aromatic rings. The fraction of sp³-hybridized carbons (Fsp3) is 0.500. The molecule has 1 aromatic heterocycles. The third-order valence-electron chi connectivity index (χ3n) is 9.91. The smallest absolute Gasteiger partial charge is 0.306 e. The summed E-state index contributed by atoms with van der Waals surface area (Å²) >= 11 is 0. The van der Waals surface area contributed by atoms with Crippen molar-refractivity contribution in [2.45, 2.75) is 77.9 Å². The number of carboxylic acids is 1. The molecule has 1 unspecified atom stereocenters. The van der Waals surface area contributed by atoms with Crippen molar-refractivity contribution in [3.63, 3.8) is 0 Å². The highest BCUT2D eigenvalue weighted by atomic mass is 19.1. The summed E-state index contributed by atoms with van der Waals surface area (Å²) in [6.45, 7) is 9.22. The molecule has 1 saturated carbocycles. The first kappa shape index (κ1) is 29.6. The SMILES string of the molecule is COc1cc(-c2ccc([C@H]3CCc4ccc(C(C5CC5)[C@H](C)C(=O)O)cc4O3)cc2CN2CCC(C)(C)CC2)c(F)cn1. The summed E-state index contributed by atoms with van der Waals surface area (Å²) in [5.41, 5.74) is 6.04. The molecule has 3 heterocycles. The number of hydrogen-bond donors (Lipinski definition) is 1. The van der Waals surface area contributed by atoms with Gasteiger partial charge in [0.15, 0.2) is 0 Å². The Bertz CT molecular complexity index is 1490. The number of likely N-dealkylation sites (tertiary alicyclic amines) is 1. The predicted octanol–water partition coefficient (Wildman–Crippen LogP) is 7.80. The molecule has 0 bridgehead atoms. The van der Waals surface area contributed by atoms with Crippen molar-refractivity contribution in [3.8, 4) is 22.8 Å². The minimum Gasteiger partial charge on any atom is -0.485 e. The van der Waals surface area contributed by atoms with Crippen LogP contribution in [0.2, 0.25) is 0 Å². The van der Waals surface area contributed by atoms with Crippen LogP contribution in [-0.2, 0) is 17.8 Å². The highest BCUT2D eigenvalue weighted by molar-refractivity contribution is 5.71. The number of pyridine rings is 1. The number of rotatable bonds is 9. The minimum atomic E-state index is -0.749. The molecule has 1 aliphatic carbocycles. The van der Waals surface area contributed by atoms with Crippen LogP contribution in [0, 0.1) is 23.1 Å². The molecule has 6 rings (SSSR count). The number of benzene rings is 2. The third kappa shape index (κ3) is 6.42. The number of aryl methyl sites for hydroxylation is 1. The molecule has 7 heteroatoms. The van der Waals surface area contributed by atoms with Gasteiger partial charge in [-0.25, -0.2) is 9.37 Å². The summed E-state index contributed by atoms with van der Waals surface area (Å²) in [7, 11) is 1.54. The zero-order valence-corrected chi connectivity index (χ0v) is 25.7. The molecule has 0 spiro atoms. The van der Waals surface area contributed by atoms with Crippen molar-refractivity contribution in [2.24, 2.45) is 17.3 Å². The van der Waals surface area contributed by atoms with E-state index in [0.29, 0.717) is 22.8 Å². The Morgan fingerprint density at radius 1 is 1.12 bits per heavy atom. The lowest BCUT2D eigenvalue weighted by Gasteiger charge is -2.37. The molecule has 0 amide bonds. The molecule has 1 N–H and O–H groups in total. The van der Waals surface area contributed by atoms with Gasteiger partial charge in [-0.15, -0.1) is 0 Å². The monoisotopic (exact) mass is 586 g/mol. The van der Waals surface area contributed by atoms with Crippen LogP contribution in [0.1, 0.15) is 87.2 Å². The molecule has 2 aromatic carbocycles. The Hall–Kier alpha value is -3.45. The zero-order valence-electron chi connectivity index (χ0n) is 25.7. The molecule has 6 nitrogen and oxygen atoms in total. The van der Waals surface area contributed by atoms with Gasteiger partial charge >= 0.3 is 5.97 Å². The standard InChI is InChI=1S/C36H43FN2O4/c1-22(35(40)41)34(24-6-7-24)26-8-5-23-10-12-31(43-32(23)18-26)25-9-11-28(29-19-33(42-4)38-20-30(29)37)27(17-25)21-39-15-13-36(2,3)14-16-39/h5,8-9,11,17-20,22,24,31,34H,6-7,10,12-16,21H2,1-4H3,(H,40,41)/t22-,31+,34?/m0/s1. The summed E-state index contributed by atoms with van der Waals surface area (Å²) in [5.74, 6) is 0.104. The van der Waals surface area contributed by atoms with Crippen molar-refractivity contribution in [2.75, 3.05) is 20.2 Å². The van der Waals surface area contributed by atoms with Crippen LogP contribution in [0.3, 0.4) is 0 Å². The van der Waals surface area contributed by atoms with Gasteiger partial charge in [-0.1, -0.05) is 51.1 Å². The number of aliphatic carboxylic acids is 1. The van der Waals surface area contributed by atoms with Gasteiger partial charge in [0.1, 0.15) is 17.7 Å². The van der Waals surface area contributed by atoms with Crippen molar-refractivity contribution >= 4 is 5.97 Å². The van der Waals surface area contributed by atoms with Gasteiger partial charge in [-0.05, 0) is 103 Å². The van der Waals surface area contributed by atoms with Crippen LogP contribution < -0.4 is 9.47 Å². The topological polar surface area (TPSA) is 71.9 Å². The number of nitrogens with zero attached hydrogens (tertiary/aromatic N) is 2. The van der Waals surface area contributed by atoms with Gasteiger partial charge in [0, 0.05) is 18.2 Å². The lowest BCUT2D eigenvalue weighted by molar-refractivity contribution is -0.142. The minimum absolute atomic E-state index is 0.000525. The van der Waals surface area contributed by atoms with E-state index in [9.17, 15) is 9.90 Å². The summed E-state index contributed by atoms with van der Waals surface area (Å²) in [6.07, 6.45) is 7.25. The van der Waals surface area contributed by atoms with E-state index in [0.717, 1.165) is 91.7 Å². The zero-order chi connectivity index (χ0) is 30.3. The second-order valence-electron chi connectivity index (χ2n) is 13.6. The Balaban J connectivity index is 1.31. The van der Waals surface area contributed by atoms with Gasteiger partial charge in [0.2, 0.25) is 5.88 Å².